The first kappa shape index (κ1) is 14.6. The molecule has 0 spiro atoms. The van der Waals surface area contributed by atoms with Gasteiger partial charge < -0.3 is 5.32 Å². The summed E-state index contributed by atoms with van der Waals surface area (Å²) in [5, 5.41) is 6.00. The van der Waals surface area contributed by atoms with Crippen molar-refractivity contribution in [1.82, 2.24) is 10.2 Å². The average molecular weight is 292 g/mol. The highest BCUT2D eigenvalue weighted by Crippen LogP contribution is 2.31. The Bertz CT molecular complexity index is 384. The van der Waals surface area contributed by atoms with E-state index in [4.69, 9.17) is 0 Å². The van der Waals surface area contributed by atoms with Crippen LogP contribution in [0.25, 0.3) is 0 Å². The minimum atomic E-state index is 0.690. The van der Waals surface area contributed by atoms with Crippen LogP contribution in [0.15, 0.2) is 17.5 Å². The fourth-order valence-electron chi connectivity index (χ4n) is 3.94. The van der Waals surface area contributed by atoms with Crippen LogP contribution in [0.2, 0.25) is 0 Å². The zero-order valence-corrected chi connectivity index (χ0v) is 13.5. The molecule has 2 nitrogen and oxygen atoms in total. The number of rotatable bonds is 4. The van der Waals surface area contributed by atoms with Crippen molar-refractivity contribution in [1.29, 1.82) is 0 Å². The highest BCUT2D eigenvalue weighted by atomic mass is 32.1. The molecule has 2 aliphatic rings. The van der Waals surface area contributed by atoms with Crippen molar-refractivity contribution in [2.24, 2.45) is 5.92 Å². The second-order valence-corrected chi connectivity index (χ2v) is 7.52. The minimum Gasteiger partial charge on any atom is -0.311 e. The van der Waals surface area contributed by atoms with Gasteiger partial charge in [-0.3, -0.25) is 4.90 Å². The third-order valence-electron chi connectivity index (χ3n) is 5.17. The molecule has 0 bridgehead atoms. The summed E-state index contributed by atoms with van der Waals surface area (Å²) < 4.78 is 0. The predicted molar refractivity (Wildman–Crippen MR) is 87.2 cm³/mol. The lowest BCUT2D eigenvalue weighted by molar-refractivity contribution is 0.0653. The van der Waals surface area contributed by atoms with Gasteiger partial charge in [0.2, 0.25) is 0 Å². The Kier molecular flexibility index (Phi) is 5.14. The van der Waals surface area contributed by atoms with E-state index in [0.717, 1.165) is 18.5 Å². The van der Waals surface area contributed by atoms with Crippen molar-refractivity contribution in [3.63, 3.8) is 0 Å². The first-order valence-electron chi connectivity index (χ1n) is 8.36. The van der Waals surface area contributed by atoms with Gasteiger partial charge in [0.25, 0.3) is 0 Å². The zero-order valence-electron chi connectivity index (χ0n) is 12.7. The van der Waals surface area contributed by atoms with E-state index in [1.54, 1.807) is 0 Å². The standard InChI is InChI=1S/C17H28N2S/c1-2-15-12-19(13-16-9-6-10-20-16)17(11-18-15)14-7-4-3-5-8-14/h6,9-10,14-15,17-18H,2-5,7-8,11-13H2,1H3. The lowest BCUT2D eigenvalue weighted by Gasteiger charge is -2.45. The van der Waals surface area contributed by atoms with Crippen LogP contribution in [0.3, 0.4) is 0 Å². The van der Waals surface area contributed by atoms with E-state index in [1.165, 1.54) is 56.5 Å². The summed E-state index contributed by atoms with van der Waals surface area (Å²) in [5.41, 5.74) is 0. The number of hydrogen-bond donors (Lipinski definition) is 1. The molecule has 3 heteroatoms. The van der Waals surface area contributed by atoms with Crippen LogP contribution in [-0.4, -0.2) is 30.1 Å². The molecule has 1 saturated carbocycles. The van der Waals surface area contributed by atoms with Crippen LogP contribution in [0, 0.1) is 5.92 Å². The quantitative estimate of drug-likeness (QED) is 0.906. The van der Waals surface area contributed by atoms with Crippen LogP contribution < -0.4 is 5.32 Å². The second kappa shape index (κ2) is 7.06. The maximum absolute atomic E-state index is 3.79. The molecule has 1 aliphatic carbocycles. The topological polar surface area (TPSA) is 15.3 Å². The molecular formula is C17H28N2S. The van der Waals surface area contributed by atoms with Gasteiger partial charge in [0.1, 0.15) is 0 Å². The molecule has 2 fully saturated rings. The Labute approximate surface area is 127 Å². The fraction of sp³-hybridized carbons (Fsp3) is 0.765. The maximum Gasteiger partial charge on any atom is 0.0332 e. The van der Waals surface area contributed by atoms with E-state index in [9.17, 15) is 0 Å². The molecule has 3 rings (SSSR count). The molecule has 20 heavy (non-hydrogen) atoms. The van der Waals surface area contributed by atoms with E-state index >= 15 is 0 Å². The molecule has 2 heterocycles. The minimum absolute atomic E-state index is 0.690. The Hall–Kier alpha value is -0.380. The van der Waals surface area contributed by atoms with Gasteiger partial charge in [0.15, 0.2) is 0 Å². The van der Waals surface area contributed by atoms with Gasteiger partial charge in [-0.05, 0) is 36.6 Å². The number of thiophene rings is 1. The lowest BCUT2D eigenvalue weighted by atomic mass is 9.82. The van der Waals surface area contributed by atoms with Crippen molar-refractivity contribution in [3.05, 3.63) is 22.4 Å². The molecule has 1 aromatic rings. The molecule has 0 radical (unpaired) electrons. The summed E-state index contributed by atoms with van der Waals surface area (Å²) in [7, 11) is 0. The molecule has 2 unspecified atom stereocenters. The molecule has 2 atom stereocenters. The Balaban J connectivity index is 1.68. The zero-order chi connectivity index (χ0) is 13.8. The normalized spacial score (nSPS) is 29.6. The molecule has 1 aromatic heterocycles. The molecule has 1 saturated heterocycles. The van der Waals surface area contributed by atoms with Crippen molar-refractivity contribution in [2.45, 2.75) is 64.1 Å². The third-order valence-corrected chi connectivity index (χ3v) is 6.03. The highest BCUT2D eigenvalue weighted by molar-refractivity contribution is 7.09. The summed E-state index contributed by atoms with van der Waals surface area (Å²) in [6.45, 7) is 5.91. The number of nitrogens with zero attached hydrogens (tertiary/aromatic N) is 1. The lowest BCUT2D eigenvalue weighted by Crippen LogP contribution is -2.58. The molecule has 112 valence electrons. The largest absolute Gasteiger partial charge is 0.311 e. The summed E-state index contributed by atoms with van der Waals surface area (Å²) in [5.74, 6) is 0.925. The number of nitrogens with one attached hydrogen (secondary N) is 1. The van der Waals surface area contributed by atoms with Crippen molar-refractivity contribution in [3.8, 4) is 0 Å². The van der Waals surface area contributed by atoms with Crippen LogP contribution in [-0.2, 0) is 6.54 Å². The monoisotopic (exact) mass is 292 g/mol. The number of piperazine rings is 1. The van der Waals surface area contributed by atoms with Crippen LogP contribution in [0.5, 0.6) is 0 Å². The van der Waals surface area contributed by atoms with Crippen molar-refractivity contribution in [2.75, 3.05) is 13.1 Å². The van der Waals surface area contributed by atoms with Gasteiger partial charge in [-0.25, -0.2) is 0 Å². The predicted octanol–water partition coefficient (Wildman–Crippen LogP) is 3.88. The molecule has 1 N–H and O–H groups in total. The molecule has 1 aliphatic heterocycles. The second-order valence-electron chi connectivity index (χ2n) is 6.49. The maximum atomic E-state index is 3.79. The highest BCUT2D eigenvalue weighted by Gasteiger charge is 2.33. The summed E-state index contributed by atoms with van der Waals surface area (Å²) in [4.78, 5) is 4.31. The van der Waals surface area contributed by atoms with Gasteiger partial charge in [-0.15, -0.1) is 11.3 Å². The van der Waals surface area contributed by atoms with E-state index < -0.39 is 0 Å². The van der Waals surface area contributed by atoms with Crippen molar-refractivity contribution >= 4 is 11.3 Å². The third kappa shape index (κ3) is 3.44. The first-order chi connectivity index (χ1) is 9.86. The Morgan fingerprint density at radius 3 is 2.85 bits per heavy atom. The van der Waals surface area contributed by atoms with Crippen LogP contribution in [0.1, 0.15) is 50.3 Å². The smallest absolute Gasteiger partial charge is 0.0332 e. The van der Waals surface area contributed by atoms with E-state index in [-0.39, 0.29) is 0 Å². The fourth-order valence-corrected chi connectivity index (χ4v) is 4.67. The molecule has 0 aromatic carbocycles. The Morgan fingerprint density at radius 2 is 2.15 bits per heavy atom. The average Bonchev–Trinajstić information content (AvgIpc) is 3.01. The van der Waals surface area contributed by atoms with Gasteiger partial charge in [0, 0.05) is 36.6 Å². The van der Waals surface area contributed by atoms with E-state index in [0.29, 0.717) is 6.04 Å². The van der Waals surface area contributed by atoms with Gasteiger partial charge in [-0.1, -0.05) is 32.3 Å². The van der Waals surface area contributed by atoms with Gasteiger partial charge in [0.05, 0.1) is 0 Å². The van der Waals surface area contributed by atoms with Crippen LogP contribution in [0.4, 0.5) is 0 Å². The van der Waals surface area contributed by atoms with E-state index in [1.807, 2.05) is 11.3 Å². The molecular weight excluding hydrogens is 264 g/mol. The van der Waals surface area contributed by atoms with Gasteiger partial charge in [-0.2, -0.15) is 0 Å². The SMILES string of the molecule is CCC1CN(Cc2cccs2)C(C2CCCCC2)CN1. The summed E-state index contributed by atoms with van der Waals surface area (Å²) in [6.07, 6.45) is 8.50. The van der Waals surface area contributed by atoms with Crippen molar-refractivity contribution < 1.29 is 0 Å². The van der Waals surface area contributed by atoms with Gasteiger partial charge >= 0.3 is 0 Å². The summed E-state index contributed by atoms with van der Waals surface area (Å²) in [6, 6.07) is 5.94. The van der Waals surface area contributed by atoms with Crippen LogP contribution >= 0.6 is 11.3 Å². The van der Waals surface area contributed by atoms with E-state index in [2.05, 4.69) is 34.7 Å². The molecule has 0 amide bonds. The number of hydrogen-bond acceptors (Lipinski definition) is 3. The first-order valence-corrected chi connectivity index (χ1v) is 9.24. The Morgan fingerprint density at radius 1 is 1.30 bits per heavy atom. The summed E-state index contributed by atoms with van der Waals surface area (Å²) >= 11 is 1.91.